The van der Waals surface area contributed by atoms with E-state index in [4.69, 9.17) is 9.52 Å². The molecule has 1 aromatic heterocycles. The van der Waals surface area contributed by atoms with Gasteiger partial charge in [0, 0.05) is 10.9 Å². The predicted molar refractivity (Wildman–Crippen MR) is 102 cm³/mol. The van der Waals surface area contributed by atoms with Crippen molar-refractivity contribution in [3.8, 4) is 0 Å². The molecular weight excluding hydrogens is 344 g/mol. The van der Waals surface area contributed by atoms with E-state index in [0.29, 0.717) is 11.1 Å². The Balaban J connectivity index is 1.59. The fraction of sp³-hybridized carbons (Fsp3) is 0. The van der Waals surface area contributed by atoms with Crippen LogP contribution >= 0.6 is 0 Å². The van der Waals surface area contributed by atoms with Crippen molar-refractivity contribution in [1.29, 1.82) is 0 Å². The Morgan fingerprint density at radius 2 is 1.74 bits per heavy atom. The summed E-state index contributed by atoms with van der Waals surface area (Å²) >= 11 is 0. The molecule has 27 heavy (non-hydrogen) atoms. The minimum atomic E-state index is -1.06. The molecule has 0 aliphatic rings. The van der Waals surface area contributed by atoms with Crippen LogP contribution in [0.15, 0.2) is 76.2 Å². The zero-order valence-electron chi connectivity index (χ0n) is 14.0. The van der Waals surface area contributed by atoms with Crippen LogP contribution in [0.2, 0.25) is 0 Å². The zero-order valence-corrected chi connectivity index (χ0v) is 14.0. The van der Waals surface area contributed by atoms with Crippen LogP contribution in [0.3, 0.4) is 0 Å². The average molecular weight is 358 g/mol. The third kappa shape index (κ3) is 3.16. The normalized spacial score (nSPS) is 11.3. The van der Waals surface area contributed by atoms with E-state index in [1.165, 1.54) is 12.3 Å². The van der Waals surface area contributed by atoms with E-state index >= 15 is 0 Å². The number of hydrogen-bond acceptors (Lipinski definition) is 4. The second kappa shape index (κ2) is 6.76. The van der Waals surface area contributed by atoms with Crippen molar-refractivity contribution in [3.63, 3.8) is 0 Å². The highest BCUT2D eigenvalue weighted by Crippen LogP contribution is 2.28. The standard InChI is InChI=1S/C21H14N2O4/c24-20(23-22-12-14-6-2-4-8-16(14)21(25)26)19-11-17-15-7-3-1-5-13(15)9-10-18(17)27-19/h1-12H,(H,23,24)(H,25,26). The van der Waals surface area contributed by atoms with Crippen LogP contribution in [0.4, 0.5) is 0 Å². The summed E-state index contributed by atoms with van der Waals surface area (Å²) in [5.41, 5.74) is 3.47. The lowest BCUT2D eigenvalue weighted by atomic mass is 10.1. The molecule has 6 heteroatoms. The van der Waals surface area contributed by atoms with Crippen LogP contribution in [0.1, 0.15) is 26.5 Å². The van der Waals surface area contributed by atoms with E-state index in [1.807, 2.05) is 36.4 Å². The number of carbonyl (C=O) groups is 2. The zero-order chi connectivity index (χ0) is 18.8. The van der Waals surface area contributed by atoms with Crippen LogP contribution in [-0.2, 0) is 0 Å². The highest BCUT2D eigenvalue weighted by atomic mass is 16.4. The van der Waals surface area contributed by atoms with Gasteiger partial charge in [0.25, 0.3) is 0 Å². The molecule has 0 fully saturated rings. The molecule has 1 heterocycles. The number of carboxylic acids is 1. The van der Waals surface area contributed by atoms with E-state index < -0.39 is 11.9 Å². The van der Waals surface area contributed by atoms with Gasteiger partial charge in [-0.2, -0.15) is 5.10 Å². The van der Waals surface area contributed by atoms with Gasteiger partial charge in [0.2, 0.25) is 0 Å². The summed E-state index contributed by atoms with van der Waals surface area (Å²) in [7, 11) is 0. The Morgan fingerprint density at radius 3 is 2.59 bits per heavy atom. The summed E-state index contributed by atoms with van der Waals surface area (Å²) in [6.45, 7) is 0. The number of carbonyl (C=O) groups excluding carboxylic acids is 1. The number of nitrogens with one attached hydrogen (secondary N) is 1. The van der Waals surface area contributed by atoms with Crippen molar-refractivity contribution in [2.45, 2.75) is 0 Å². The molecule has 1 amide bonds. The van der Waals surface area contributed by atoms with Crippen molar-refractivity contribution in [1.82, 2.24) is 5.43 Å². The monoisotopic (exact) mass is 358 g/mol. The Hall–Kier alpha value is -3.93. The number of benzene rings is 3. The number of aromatic carboxylic acids is 1. The molecule has 0 atom stereocenters. The first-order chi connectivity index (χ1) is 13.1. The topological polar surface area (TPSA) is 91.9 Å². The van der Waals surface area contributed by atoms with Gasteiger partial charge in [-0.15, -0.1) is 0 Å². The number of carboxylic acid groups (broad SMARTS) is 1. The summed E-state index contributed by atoms with van der Waals surface area (Å²) in [5, 5.41) is 15.9. The molecule has 0 saturated heterocycles. The first-order valence-corrected chi connectivity index (χ1v) is 8.20. The molecule has 0 aliphatic carbocycles. The Kier molecular flexibility index (Phi) is 4.14. The molecule has 2 N–H and O–H groups in total. The van der Waals surface area contributed by atoms with Crippen LogP contribution in [0.5, 0.6) is 0 Å². The molecule has 132 valence electrons. The predicted octanol–water partition coefficient (Wildman–Crippen LogP) is 4.05. The number of hydrazone groups is 1. The largest absolute Gasteiger partial charge is 0.478 e. The van der Waals surface area contributed by atoms with Gasteiger partial charge in [0.05, 0.1) is 11.8 Å². The molecule has 0 saturated carbocycles. The highest BCUT2D eigenvalue weighted by Gasteiger charge is 2.13. The Bertz CT molecular complexity index is 1210. The number of nitrogens with zero attached hydrogens (tertiary/aromatic N) is 1. The smallest absolute Gasteiger partial charge is 0.336 e. The fourth-order valence-electron chi connectivity index (χ4n) is 2.92. The van der Waals surface area contributed by atoms with Gasteiger partial charge in [-0.1, -0.05) is 48.5 Å². The van der Waals surface area contributed by atoms with Crippen LogP contribution in [-0.4, -0.2) is 23.2 Å². The third-order valence-electron chi connectivity index (χ3n) is 4.21. The second-order valence-electron chi connectivity index (χ2n) is 5.90. The van der Waals surface area contributed by atoms with Crippen molar-refractivity contribution >= 4 is 39.8 Å². The molecule has 0 bridgehead atoms. The maximum absolute atomic E-state index is 12.3. The molecule has 4 rings (SSSR count). The number of amides is 1. The highest BCUT2D eigenvalue weighted by molar-refractivity contribution is 6.08. The fourth-order valence-corrected chi connectivity index (χ4v) is 2.92. The molecule has 4 aromatic rings. The minimum Gasteiger partial charge on any atom is -0.478 e. The summed E-state index contributed by atoms with van der Waals surface area (Å²) in [5.74, 6) is -1.45. The van der Waals surface area contributed by atoms with Crippen molar-refractivity contribution in [2.24, 2.45) is 5.10 Å². The minimum absolute atomic E-state index is 0.103. The van der Waals surface area contributed by atoms with Gasteiger partial charge in [0.15, 0.2) is 5.76 Å². The first-order valence-electron chi connectivity index (χ1n) is 8.20. The van der Waals surface area contributed by atoms with E-state index in [0.717, 1.165) is 16.2 Å². The van der Waals surface area contributed by atoms with E-state index in [-0.39, 0.29) is 11.3 Å². The Labute approximate surface area is 153 Å². The molecular formula is C21H14N2O4. The maximum Gasteiger partial charge on any atom is 0.336 e. The number of hydrogen-bond donors (Lipinski definition) is 2. The molecule has 0 radical (unpaired) electrons. The lowest BCUT2D eigenvalue weighted by Crippen LogP contribution is -2.17. The van der Waals surface area contributed by atoms with Crippen LogP contribution in [0, 0.1) is 0 Å². The molecule has 0 spiro atoms. The lowest BCUT2D eigenvalue weighted by Gasteiger charge is -1.99. The molecule has 3 aromatic carbocycles. The number of fused-ring (bicyclic) bond motifs is 3. The molecule has 6 nitrogen and oxygen atoms in total. The Morgan fingerprint density at radius 1 is 0.963 bits per heavy atom. The van der Waals surface area contributed by atoms with E-state index in [1.54, 1.807) is 24.3 Å². The quantitative estimate of drug-likeness (QED) is 0.425. The van der Waals surface area contributed by atoms with Gasteiger partial charge in [0.1, 0.15) is 5.58 Å². The van der Waals surface area contributed by atoms with Gasteiger partial charge in [-0.25, -0.2) is 10.2 Å². The SMILES string of the molecule is O=C(NN=Cc1ccccc1C(=O)O)c1cc2c(ccc3ccccc32)o1. The van der Waals surface area contributed by atoms with Crippen LogP contribution < -0.4 is 5.43 Å². The lowest BCUT2D eigenvalue weighted by molar-refractivity contribution is 0.0696. The average Bonchev–Trinajstić information content (AvgIpc) is 3.13. The third-order valence-corrected chi connectivity index (χ3v) is 4.21. The van der Waals surface area contributed by atoms with Gasteiger partial charge >= 0.3 is 11.9 Å². The van der Waals surface area contributed by atoms with Gasteiger partial charge in [-0.3, -0.25) is 4.79 Å². The summed E-state index contributed by atoms with van der Waals surface area (Å²) in [6, 6.07) is 19.7. The van der Waals surface area contributed by atoms with Crippen molar-refractivity contribution in [2.75, 3.05) is 0 Å². The first kappa shape index (κ1) is 16.5. The maximum atomic E-state index is 12.3. The van der Waals surface area contributed by atoms with E-state index in [9.17, 15) is 9.59 Å². The summed E-state index contributed by atoms with van der Waals surface area (Å²) < 4.78 is 5.62. The van der Waals surface area contributed by atoms with Gasteiger partial charge < -0.3 is 9.52 Å². The number of rotatable bonds is 4. The molecule has 0 unspecified atom stereocenters. The second-order valence-corrected chi connectivity index (χ2v) is 5.90. The van der Waals surface area contributed by atoms with Crippen LogP contribution in [0.25, 0.3) is 21.7 Å². The van der Waals surface area contributed by atoms with Crippen molar-refractivity contribution in [3.05, 3.63) is 83.6 Å². The number of furan rings is 1. The summed E-state index contributed by atoms with van der Waals surface area (Å²) in [6.07, 6.45) is 1.29. The van der Waals surface area contributed by atoms with Crippen molar-refractivity contribution < 1.29 is 19.1 Å². The summed E-state index contributed by atoms with van der Waals surface area (Å²) in [4.78, 5) is 23.5. The molecule has 0 aliphatic heterocycles. The van der Waals surface area contributed by atoms with E-state index in [2.05, 4.69) is 10.5 Å². The van der Waals surface area contributed by atoms with Gasteiger partial charge in [-0.05, 0) is 29.0 Å².